The lowest BCUT2D eigenvalue weighted by Gasteiger charge is -2.28. The SMILES string of the molecule is CN(C)c1cccc2nccc(CN3C(=O)N(c4ccc(SC(F)(F)F)cc4)C(=O)C3(C)C)c12. The second kappa shape index (κ2) is 8.50. The number of pyridine rings is 1. The van der Waals surface area contributed by atoms with Crippen molar-refractivity contribution >= 4 is 46.0 Å². The fourth-order valence-corrected chi connectivity index (χ4v) is 4.60. The molecule has 34 heavy (non-hydrogen) atoms. The molecule has 0 aliphatic carbocycles. The highest BCUT2D eigenvalue weighted by molar-refractivity contribution is 8.00. The van der Waals surface area contributed by atoms with Crippen LogP contribution < -0.4 is 9.80 Å². The molecule has 1 saturated heterocycles. The topological polar surface area (TPSA) is 56.8 Å². The largest absolute Gasteiger partial charge is 0.446 e. The number of benzene rings is 2. The summed E-state index contributed by atoms with van der Waals surface area (Å²) in [6, 6.07) is 12.3. The first-order valence-electron chi connectivity index (χ1n) is 10.5. The number of fused-ring (bicyclic) bond motifs is 1. The number of nitrogens with zero attached hydrogens (tertiary/aromatic N) is 4. The summed E-state index contributed by atoms with van der Waals surface area (Å²) in [5.41, 5.74) is -2.80. The Morgan fingerprint density at radius 3 is 2.32 bits per heavy atom. The average Bonchev–Trinajstić information content (AvgIpc) is 2.92. The van der Waals surface area contributed by atoms with E-state index in [1.54, 1.807) is 20.0 Å². The van der Waals surface area contributed by atoms with Gasteiger partial charge in [-0.25, -0.2) is 9.69 Å². The summed E-state index contributed by atoms with van der Waals surface area (Å²) in [5, 5.41) is 0.887. The summed E-state index contributed by atoms with van der Waals surface area (Å²) in [4.78, 5) is 35.6. The van der Waals surface area contributed by atoms with Crippen LogP contribution in [0.1, 0.15) is 19.4 Å². The molecule has 2 heterocycles. The number of hydrogen-bond donors (Lipinski definition) is 0. The Morgan fingerprint density at radius 1 is 1.03 bits per heavy atom. The van der Waals surface area contributed by atoms with Crippen molar-refractivity contribution in [2.75, 3.05) is 23.9 Å². The Hall–Kier alpha value is -3.27. The van der Waals surface area contributed by atoms with Gasteiger partial charge in [0, 0.05) is 42.8 Å². The number of urea groups is 1. The van der Waals surface area contributed by atoms with Gasteiger partial charge in [-0.3, -0.25) is 9.78 Å². The number of carbonyl (C=O) groups is 2. The van der Waals surface area contributed by atoms with E-state index in [1.807, 2.05) is 43.3 Å². The van der Waals surface area contributed by atoms with Crippen LogP contribution in [0.15, 0.2) is 59.6 Å². The molecule has 0 N–H and O–H groups in total. The number of hydrogen-bond acceptors (Lipinski definition) is 5. The molecule has 0 unspecified atom stereocenters. The molecule has 2 aromatic carbocycles. The zero-order chi connectivity index (χ0) is 24.8. The van der Waals surface area contributed by atoms with Crippen molar-refractivity contribution in [2.24, 2.45) is 0 Å². The zero-order valence-electron chi connectivity index (χ0n) is 19.1. The molecule has 0 saturated carbocycles. The van der Waals surface area contributed by atoms with Crippen molar-refractivity contribution in [3.05, 3.63) is 60.3 Å². The maximum Gasteiger partial charge on any atom is 0.446 e. The molecular weight excluding hydrogens is 465 g/mol. The van der Waals surface area contributed by atoms with Crippen molar-refractivity contribution in [3.8, 4) is 0 Å². The molecular formula is C24H23F3N4O2S. The highest BCUT2D eigenvalue weighted by Gasteiger charge is 2.51. The lowest BCUT2D eigenvalue weighted by Crippen LogP contribution is -2.43. The minimum Gasteiger partial charge on any atom is -0.377 e. The standard InChI is InChI=1S/C24H23F3N4O2S/c1-23(2)21(32)31(16-8-10-17(11-9-16)34-24(25,26)27)22(33)30(23)14-15-12-13-28-18-6-5-7-19(20(15)18)29(3)4/h5-13H,14H2,1-4H3. The Bertz CT molecular complexity index is 1250. The van der Waals surface area contributed by atoms with Crippen LogP contribution in [0.4, 0.5) is 29.3 Å². The van der Waals surface area contributed by atoms with Crippen molar-refractivity contribution in [3.63, 3.8) is 0 Å². The number of thioether (sulfide) groups is 1. The van der Waals surface area contributed by atoms with Crippen LogP contribution in [0.25, 0.3) is 10.9 Å². The quantitative estimate of drug-likeness (QED) is 0.343. The fourth-order valence-electron chi connectivity index (χ4n) is 4.06. The molecule has 0 spiro atoms. The van der Waals surface area contributed by atoms with Gasteiger partial charge in [0.05, 0.1) is 11.2 Å². The molecule has 0 bridgehead atoms. The van der Waals surface area contributed by atoms with E-state index in [0.29, 0.717) is 0 Å². The predicted octanol–water partition coefficient (Wildman–Crippen LogP) is 5.66. The molecule has 6 nitrogen and oxygen atoms in total. The predicted molar refractivity (Wildman–Crippen MR) is 127 cm³/mol. The van der Waals surface area contributed by atoms with E-state index in [9.17, 15) is 22.8 Å². The number of halogens is 3. The van der Waals surface area contributed by atoms with Gasteiger partial charge < -0.3 is 9.80 Å². The van der Waals surface area contributed by atoms with Gasteiger partial charge in [0.1, 0.15) is 5.54 Å². The number of rotatable bonds is 5. The summed E-state index contributed by atoms with van der Waals surface area (Å²) in [5.74, 6) is -0.445. The summed E-state index contributed by atoms with van der Waals surface area (Å²) in [6.45, 7) is 3.49. The number of carbonyl (C=O) groups excluding carboxylic acids is 2. The molecule has 0 atom stereocenters. The van der Waals surface area contributed by atoms with Crippen LogP contribution in [-0.4, -0.2) is 47.0 Å². The molecule has 178 valence electrons. The monoisotopic (exact) mass is 488 g/mol. The minimum atomic E-state index is -4.42. The number of amides is 3. The van der Waals surface area contributed by atoms with E-state index in [0.717, 1.165) is 27.1 Å². The van der Waals surface area contributed by atoms with Gasteiger partial charge in [-0.2, -0.15) is 13.2 Å². The van der Waals surface area contributed by atoms with Gasteiger partial charge in [0.25, 0.3) is 5.91 Å². The van der Waals surface area contributed by atoms with E-state index < -0.39 is 23.0 Å². The van der Waals surface area contributed by atoms with E-state index in [4.69, 9.17) is 0 Å². The van der Waals surface area contributed by atoms with E-state index in [2.05, 4.69) is 4.98 Å². The first-order chi connectivity index (χ1) is 15.9. The molecule has 3 amide bonds. The maximum atomic E-state index is 13.4. The fraction of sp³-hybridized carbons (Fsp3) is 0.292. The average molecular weight is 489 g/mol. The highest BCUT2D eigenvalue weighted by atomic mass is 32.2. The van der Waals surface area contributed by atoms with Gasteiger partial charge in [0.2, 0.25) is 0 Å². The van der Waals surface area contributed by atoms with Crippen LogP contribution in [0, 0.1) is 0 Å². The Morgan fingerprint density at radius 2 is 1.71 bits per heavy atom. The molecule has 3 aromatic rings. The van der Waals surface area contributed by atoms with Gasteiger partial charge >= 0.3 is 11.5 Å². The van der Waals surface area contributed by atoms with Crippen molar-refractivity contribution in [1.82, 2.24) is 9.88 Å². The summed E-state index contributed by atoms with van der Waals surface area (Å²) in [6.07, 6.45) is 1.67. The first-order valence-corrected chi connectivity index (χ1v) is 11.3. The molecule has 1 fully saturated rings. The van der Waals surface area contributed by atoms with Crippen molar-refractivity contribution < 1.29 is 22.8 Å². The van der Waals surface area contributed by atoms with Gasteiger partial charge in [-0.15, -0.1) is 0 Å². The lowest BCUT2D eigenvalue weighted by atomic mass is 10.0. The van der Waals surface area contributed by atoms with Crippen LogP contribution in [-0.2, 0) is 11.3 Å². The molecule has 0 radical (unpaired) electrons. The Kier molecular flexibility index (Phi) is 5.97. The van der Waals surface area contributed by atoms with Gasteiger partial charge in [-0.05, 0) is 73.6 Å². The van der Waals surface area contributed by atoms with Crippen LogP contribution in [0.5, 0.6) is 0 Å². The van der Waals surface area contributed by atoms with Crippen LogP contribution in [0.3, 0.4) is 0 Å². The van der Waals surface area contributed by atoms with Crippen LogP contribution >= 0.6 is 11.8 Å². The molecule has 10 heteroatoms. The van der Waals surface area contributed by atoms with Gasteiger partial charge in [0.15, 0.2) is 0 Å². The number of anilines is 2. The highest BCUT2D eigenvalue weighted by Crippen LogP contribution is 2.39. The summed E-state index contributed by atoms with van der Waals surface area (Å²) < 4.78 is 37.9. The Labute approximate surface area is 199 Å². The van der Waals surface area contributed by atoms with Gasteiger partial charge in [-0.1, -0.05) is 6.07 Å². The van der Waals surface area contributed by atoms with Crippen molar-refractivity contribution in [1.29, 1.82) is 0 Å². The second-order valence-electron chi connectivity index (χ2n) is 8.65. The number of imide groups is 1. The first kappa shape index (κ1) is 23.9. The molecule has 4 rings (SSSR count). The van der Waals surface area contributed by atoms with E-state index in [-0.39, 0.29) is 28.9 Å². The minimum absolute atomic E-state index is 0.0223. The summed E-state index contributed by atoms with van der Waals surface area (Å²) in [7, 11) is 3.84. The summed E-state index contributed by atoms with van der Waals surface area (Å²) >= 11 is -0.248. The Balaban J connectivity index is 1.69. The smallest absolute Gasteiger partial charge is 0.377 e. The third kappa shape index (κ3) is 4.29. The molecule has 1 aromatic heterocycles. The number of alkyl halides is 3. The lowest BCUT2D eigenvalue weighted by molar-refractivity contribution is -0.123. The van der Waals surface area contributed by atoms with Crippen molar-refractivity contribution in [2.45, 2.75) is 36.3 Å². The third-order valence-electron chi connectivity index (χ3n) is 5.79. The molecule has 1 aliphatic heterocycles. The normalized spacial score (nSPS) is 16.0. The second-order valence-corrected chi connectivity index (χ2v) is 9.78. The maximum absolute atomic E-state index is 13.4. The third-order valence-corrected chi connectivity index (χ3v) is 6.53. The van der Waals surface area contributed by atoms with E-state index >= 15 is 0 Å². The zero-order valence-corrected chi connectivity index (χ0v) is 19.9. The van der Waals surface area contributed by atoms with E-state index in [1.165, 1.54) is 29.2 Å². The van der Waals surface area contributed by atoms with Crippen LogP contribution in [0.2, 0.25) is 0 Å². The molecule has 1 aliphatic rings. The number of aromatic nitrogens is 1.